The average Bonchev–Trinajstić information content (AvgIpc) is 2.55. The summed E-state index contributed by atoms with van der Waals surface area (Å²) in [5.41, 5.74) is 6.09. The Bertz CT molecular complexity index is 365. The summed E-state index contributed by atoms with van der Waals surface area (Å²) in [6.45, 7) is 3.75. The number of piperidine rings is 1. The molecule has 2 aliphatic heterocycles. The van der Waals surface area contributed by atoms with E-state index in [-0.39, 0.29) is 5.41 Å². The highest BCUT2D eigenvalue weighted by Crippen LogP contribution is 2.44. The van der Waals surface area contributed by atoms with Gasteiger partial charge in [0.25, 0.3) is 0 Å². The maximum absolute atomic E-state index is 13.1. The Labute approximate surface area is 128 Å². The molecule has 0 radical (unpaired) electrons. The van der Waals surface area contributed by atoms with E-state index in [4.69, 9.17) is 10.5 Å². The molecule has 0 aromatic rings. The second kappa shape index (κ2) is 6.25. The van der Waals surface area contributed by atoms with E-state index in [2.05, 4.69) is 4.90 Å². The smallest absolute Gasteiger partial charge is 0.230 e. The summed E-state index contributed by atoms with van der Waals surface area (Å²) in [5.74, 6) is 0.318. The molecule has 4 heteroatoms. The number of carbonyl (C=O) groups is 1. The van der Waals surface area contributed by atoms with Crippen LogP contribution in [0.2, 0.25) is 0 Å². The Morgan fingerprint density at radius 3 is 2.33 bits per heavy atom. The quantitative estimate of drug-likeness (QED) is 0.850. The molecule has 21 heavy (non-hydrogen) atoms. The fourth-order valence-corrected chi connectivity index (χ4v) is 4.69. The zero-order valence-electron chi connectivity index (χ0n) is 13.2. The number of likely N-dealkylation sites (tertiary alicyclic amines) is 1. The van der Waals surface area contributed by atoms with Crippen molar-refractivity contribution in [3.63, 3.8) is 0 Å². The molecule has 1 saturated carbocycles. The number of nitrogens with two attached hydrogens (primary N) is 1. The van der Waals surface area contributed by atoms with Crippen molar-refractivity contribution in [2.24, 2.45) is 16.6 Å². The molecule has 0 bridgehead atoms. The SMILES string of the molecule is NCC1(C(=O)N2CCCC3(CCCCC3)C2)CCOCC1. The maximum atomic E-state index is 13.1. The van der Waals surface area contributed by atoms with Gasteiger partial charge in [0, 0.05) is 32.8 Å². The monoisotopic (exact) mass is 294 g/mol. The van der Waals surface area contributed by atoms with E-state index in [1.54, 1.807) is 0 Å². The first-order valence-corrected chi connectivity index (χ1v) is 8.77. The van der Waals surface area contributed by atoms with Crippen molar-refractivity contribution in [2.75, 3.05) is 32.8 Å². The molecular formula is C17H30N2O2. The Morgan fingerprint density at radius 2 is 1.67 bits per heavy atom. The minimum Gasteiger partial charge on any atom is -0.381 e. The number of amides is 1. The minimum atomic E-state index is -0.342. The van der Waals surface area contributed by atoms with Crippen molar-refractivity contribution in [1.29, 1.82) is 0 Å². The molecule has 2 saturated heterocycles. The highest BCUT2D eigenvalue weighted by atomic mass is 16.5. The van der Waals surface area contributed by atoms with Crippen LogP contribution in [-0.2, 0) is 9.53 Å². The lowest BCUT2D eigenvalue weighted by molar-refractivity contribution is -0.151. The number of hydrogen-bond donors (Lipinski definition) is 1. The van der Waals surface area contributed by atoms with Gasteiger partial charge in [0.05, 0.1) is 5.41 Å². The predicted molar refractivity (Wildman–Crippen MR) is 82.9 cm³/mol. The molecule has 0 atom stereocenters. The van der Waals surface area contributed by atoms with Crippen molar-refractivity contribution < 1.29 is 9.53 Å². The molecule has 0 aromatic carbocycles. The topological polar surface area (TPSA) is 55.6 Å². The van der Waals surface area contributed by atoms with Gasteiger partial charge in [0.1, 0.15) is 0 Å². The summed E-state index contributed by atoms with van der Waals surface area (Å²) in [6, 6.07) is 0. The van der Waals surface area contributed by atoms with Crippen LogP contribution in [0.3, 0.4) is 0 Å². The number of nitrogens with zero attached hydrogens (tertiary/aromatic N) is 1. The Balaban J connectivity index is 1.71. The zero-order chi connectivity index (χ0) is 14.8. The van der Waals surface area contributed by atoms with Crippen molar-refractivity contribution >= 4 is 5.91 Å². The summed E-state index contributed by atoms with van der Waals surface area (Å²) < 4.78 is 5.45. The predicted octanol–water partition coefficient (Wildman–Crippen LogP) is 2.31. The van der Waals surface area contributed by atoms with Crippen LogP contribution in [0.15, 0.2) is 0 Å². The van der Waals surface area contributed by atoms with Gasteiger partial charge in [-0.25, -0.2) is 0 Å². The lowest BCUT2D eigenvalue weighted by atomic mass is 9.68. The summed E-state index contributed by atoms with van der Waals surface area (Å²) >= 11 is 0. The van der Waals surface area contributed by atoms with Crippen LogP contribution in [0.5, 0.6) is 0 Å². The lowest BCUT2D eigenvalue weighted by Crippen LogP contribution is -2.55. The van der Waals surface area contributed by atoms with Gasteiger partial charge in [-0.3, -0.25) is 4.79 Å². The fraction of sp³-hybridized carbons (Fsp3) is 0.941. The van der Waals surface area contributed by atoms with Crippen molar-refractivity contribution in [2.45, 2.75) is 57.8 Å². The van der Waals surface area contributed by atoms with E-state index < -0.39 is 0 Å². The molecule has 3 aliphatic rings. The molecule has 1 spiro atoms. The van der Waals surface area contributed by atoms with Gasteiger partial charge in [-0.05, 0) is 43.9 Å². The molecule has 4 nitrogen and oxygen atoms in total. The van der Waals surface area contributed by atoms with E-state index in [0.29, 0.717) is 31.1 Å². The molecule has 3 fully saturated rings. The first kappa shape index (κ1) is 15.3. The standard InChI is InChI=1S/C17H30N2O2/c18-13-17(8-11-21-12-9-17)15(20)19-10-4-7-16(14-19)5-2-1-3-6-16/h1-14,18H2. The number of ether oxygens (including phenoxy) is 1. The summed E-state index contributed by atoms with van der Waals surface area (Å²) in [5, 5.41) is 0. The van der Waals surface area contributed by atoms with Gasteiger partial charge < -0.3 is 15.4 Å². The highest BCUT2D eigenvalue weighted by molar-refractivity contribution is 5.83. The van der Waals surface area contributed by atoms with E-state index in [1.165, 1.54) is 44.9 Å². The van der Waals surface area contributed by atoms with Crippen LogP contribution in [0.4, 0.5) is 0 Å². The fourth-order valence-electron chi connectivity index (χ4n) is 4.69. The zero-order valence-corrected chi connectivity index (χ0v) is 13.2. The molecule has 120 valence electrons. The van der Waals surface area contributed by atoms with Crippen LogP contribution in [0.25, 0.3) is 0 Å². The normalized spacial score (nSPS) is 28.5. The van der Waals surface area contributed by atoms with Gasteiger partial charge in [0.2, 0.25) is 5.91 Å². The van der Waals surface area contributed by atoms with Crippen LogP contribution < -0.4 is 5.73 Å². The maximum Gasteiger partial charge on any atom is 0.230 e. The number of rotatable bonds is 2. The molecule has 3 rings (SSSR count). The summed E-state index contributed by atoms with van der Waals surface area (Å²) in [4.78, 5) is 15.3. The third-order valence-corrected chi connectivity index (χ3v) is 6.16. The molecule has 0 aromatic heterocycles. The minimum absolute atomic E-state index is 0.318. The van der Waals surface area contributed by atoms with Gasteiger partial charge in [-0.2, -0.15) is 0 Å². The molecular weight excluding hydrogens is 264 g/mol. The first-order chi connectivity index (χ1) is 10.2. The Hall–Kier alpha value is -0.610. The molecule has 2 heterocycles. The average molecular weight is 294 g/mol. The van der Waals surface area contributed by atoms with Crippen molar-refractivity contribution in [3.05, 3.63) is 0 Å². The number of carbonyl (C=O) groups excluding carboxylic acids is 1. The van der Waals surface area contributed by atoms with E-state index in [0.717, 1.165) is 25.9 Å². The van der Waals surface area contributed by atoms with Gasteiger partial charge >= 0.3 is 0 Å². The second-order valence-corrected chi connectivity index (χ2v) is 7.49. The van der Waals surface area contributed by atoms with Crippen LogP contribution in [0, 0.1) is 10.8 Å². The van der Waals surface area contributed by atoms with Crippen molar-refractivity contribution in [3.8, 4) is 0 Å². The van der Waals surface area contributed by atoms with Crippen LogP contribution >= 0.6 is 0 Å². The molecule has 1 amide bonds. The van der Waals surface area contributed by atoms with E-state index in [1.807, 2.05) is 0 Å². The van der Waals surface area contributed by atoms with Gasteiger partial charge in [-0.1, -0.05) is 19.3 Å². The van der Waals surface area contributed by atoms with Crippen LogP contribution in [-0.4, -0.2) is 43.7 Å². The highest BCUT2D eigenvalue weighted by Gasteiger charge is 2.45. The Morgan fingerprint density at radius 1 is 1.00 bits per heavy atom. The third-order valence-electron chi connectivity index (χ3n) is 6.16. The third kappa shape index (κ3) is 2.98. The summed E-state index contributed by atoms with van der Waals surface area (Å²) in [6.07, 6.45) is 10.8. The van der Waals surface area contributed by atoms with Crippen molar-refractivity contribution in [1.82, 2.24) is 4.90 Å². The summed E-state index contributed by atoms with van der Waals surface area (Å²) in [7, 11) is 0. The number of hydrogen-bond acceptors (Lipinski definition) is 3. The first-order valence-electron chi connectivity index (χ1n) is 8.77. The Kier molecular flexibility index (Phi) is 4.55. The van der Waals surface area contributed by atoms with E-state index >= 15 is 0 Å². The second-order valence-electron chi connectivity index (χ2n) is 7.49. The lowest BCUT2D eigenvalue weighted by Gasteiger charge is -2.48. The van der Waals surface area contributed by atoms with Gasteiger partial charge in [-0.15, -0.1) is 0 Å². The van der Waals surface area contributed by atoms with Gasteiger partial charge in [0.15, 0.2) is 0 Å². The van der Waals surface area contributed by atoms with Crippen LogP contribution in [0.1, 0.15) is 57.8 Å². The largest absolute Gasteiger partial charge is 0.381 e. The molecule has 1 aliphatic carbocycles. The van der Waals surface area contributed by atoms with E-state index in [9.17, 15) is 4.79 Å². The molecule has 2 N–H and O–H groups in total. The molecule has 0 unspecified atom stereocenters.